The first-order chi connectivity index (χ1) is 14.3. The van der Waals surface area contributed by atoms with Crippen molar-refractivity contribution in [2.45, 2.75) is 25.3 Å². The van der Waals surface area contributed by atoms with Crippen LogP contribution in [0.5, 0.6) is 0 Å². The number of para-hydroxylation sites is 1. The lowest BCUT2D eigenvalue weighted by atomic mass is 10.2. The number of piperazine rings is 1. The molecule has 0 bridgehead atoms. The molecule has 0 spiro atoms. The number of hydrogen-bond acceptors (Lipinski definition) is 7. The van der Waals surface area contributed by atoms with Crippen LogP contribution in [-0.2, 0) is 21.4 Å². The third kappa shape index (κ3) is 3.50. The molecule has 0 saturated carbocycles. The summed E-state index contributed by atoms with van der Waals surface area (Å²) in [6.07, 6.45) is 1.20. The van der Waals surface area contributed by atoms with E-state index in [9.17, 15) is 18.0 Å². The molecule has 0 N–H and O–H groups in total. The van der Waals surface area contributed by atoms with E-state index in [2.05, 4.69) is 10.3 Å². The first kappa shape index (κ1) is 20.2. The predicted molar refractivity (Wildman–Crippen MR) is 107 cm³/mol. The van der Waals surface area contributed by atoms with Crippen LogP contribution >= 0.6 is 0 Å². The highest BCUT2D eigenvalue weighted by Crippen LogP contribution is 2.24. The van der Waals surface area contributed by atoms with Gasteiger partial charge >= 0.3 is 0 Å². The van der Waals surface area contributed by atoms with Gasteiger partial charge in [0.2, 0.25) is 21.4 Å². The average molecular weight is 431 g/mol. The number of sulfonamides is 1. The maximum atomic E-state index is 12.9. The van der Waals surface area contributed by atoms with Gasteiger partial charge in [0, 0.05) is 31.6 Å². The first-order valence-electron chi connectivity index (χ1n) is 9.44. The van der Waals surface area contributed by atoms with Gasteiger partial charge in [0.1, 0.15) is 17.1 Å². The molecule has 1 amide bonds. The SMILES string of the molecule is Cc1noc(C)c1S(=O)(=O)N1CCN(C(=O)Cn2ncc(=O)c3ccccc32)CC1. The third-order valence-corrected chi connectivity index (χ3v) is 7.35. The lowest BCUT2D eigenvalue weighted by Gasteiger charge is -2.34. The monoisotopic (exact) mass is 431 g/mol. The average Bonchev–Trinajstić information content (AvgIpc) is 3.09. The zero-order valence-corrected chi connectivity index (χ0v) is 17.4. The fourth-order valence-electron chi connectivity index (χ4n) is 3.66. The van der Waals surface area contributed by atoms with Crippen molar-refractivity contribution in [3.8, 4) is 0 Å². The second-order valence-corrected chi connectivity index (χ2v) is 9.00. The van der Waals surface area contributed by atoms with E-state index in [0.29, 0.717) is 16.6 Å². The molecule has 3 heterocycles. The van der Waals surface area contributed by atoms with E-state index in [1.165, 1.54) is 15.2 Å². The van der Waals surface area contributed by atoms with Gasteiger partial charge in [0.05, 0.1) is 11.7 Å². The van der Waals surface area contributed by atoms with Crippen LogP contribution in [0.4, 0.5) is 0 Å². The Morgan fingerprint density at radius 3 is 2.50 bits per heavy atom. The number of fused-ring (bicyclic) bond motifs is 1. The summed E-state index contributed by atoms with van der Waals surface area (Å²) in [5.41, 5.74) is 0.701. The Balaban J connectivity index is 1.47. The molecule has 1 saturated heterocycles. The summed E-state index contributed by atoms with van der Waals surface area (Å²) in [4.78, 5) is 26.4. The van der Waals surface area contributed by atoms with E-state index >= 15 is 0 Å². The fraction of sp³-hybridized carbons (Fsp3) is 0.368. The topological polar surface area (TPSA) is 119 Å². The highest BCUT2D eigenvalue weighted by atomic mass is 32.2. The van der Waals surface area contributed by atoms with Crippen LogP contribution in [0, 0.1) is 13.8 Å². The van der Waals surface area contributed by atoms with Crippen molar-refractivity contribution in [3.05, 3.63) is 52.1 Å². The number of hydrogen-bond donors (Lipinski definition) is 0. The zero-order chi connectivity index (χ0) is 21.5. The highest BCUT2D eigenvalue weighted by Gasteiger charge is 2.34. The van der Waals surface area contributed by atoms with Gasteiger partial charge in [-0.2, -0.15) is 9.40 Å². The standard InChI is InChI=1S/C19H21N5O5S/c1-13-19(14(2)29-21-13)30(27,28)23-9-7-22(8-10-23)18(26)12-24-16-6-4-3-5-15(16)17(25)11-20-24/h3-6,11H,7-10,12H2,1-2H3. The molecule has 0 aliphatic carbocycles. The second kappa shape index (κ2) is 7.65. The molecule has 1 aliphatic heterocycles. The Bertz CT molecular complexity index is 1250. The quantitative estimate of drug-likeness (QED) is 0.591. The van der Waals surface area contributed by atoms with Crippen LogP contribution in [0.2, 0.25) is 0 Å². The van der Waals surface area contributed by atoms with Gasteiger partial charge in [-0.05, 0) is 26.0 Å². The summed E-state index contributed by atoms with van der Waals surface area (Å²) in [5, 5.41) is 8.30. The maximum absolute atomic E-state index is 12.9. The number of aromatic nitrogens is 3. The van der Waals surface area contributed by atoms with Crippen LogP contribution in [0.1, 0.15) is 11.5 Å². The molecule has 0 unspecified atom stereocenters. The molecule has 1 aliphatic rings. The molecule has 3 aromatic rings. The summed E-state index contributed by atoms with van der Waals surface area (Å²) in [6.45, 7) is 4.00. The number of carbonyl (C=O) groups excluding carboxylic acids is 1. The summed E-state index contributed by atoms with van der Waals surface area (Å²) in [6, 6.07) is 6.97. The van der Waals surface area contributed by atoms with Crippen LogP contribution < -0.4 is 5.43 Å². The minimum Gasteiger partial charge on any atom is -0.360 e. The molecule has 0 radical (unpaired) electrons. The fourth-order valence-corrected chi connectivity index (χ4v) is 5.38. The van der Waals surface area contributed by atoms with E-state index in [-0.39, 0.29) is 54.7 Å². The van der Waals surface area contributed by atoms with Crippen molar-refractivity contribution in [2.24, 2.45) is 0 Å². The Hall–Kier alpha value is -3.05. The van der Waals surface area contributed by atoms with E-state index in [4.69, 9.17) is 4.52 Å². The summed E-state index contributed by atoms with van der Waals surface area (Å²) in [7, 11) is -3.73. The normalized spacial score (nSPS) is 15.6. The Kier molecular flexibility index (Phi) is 5.16. The Morgan fingerprint density at radius 1 is 1.13 bits per heavy atom. The van der Waals surface area contributed by atoms with E-state index in [1.54, 1.807) is 43.0 Å². The first-order valence-corrected chi connectivity index (χ1v) is 10.9. The number of nitrogens with zero attached hydrogens (tertiary/aromatic N) is 5. The maximum Gasteiger partial charge on any atom is 0.248 e. The van der Waals surface area contributed by atoms with Gasteiger partial charge in [0.25, 0.3) is 0 Å². The molecule has 11 heteroatoms. The predicted octanol–water partition coefficient (Wildman–Crippen LogP) is 0.534. The molecule has 0 atom stereocenters. The van der Waals surface area contributed by atoms with Gasteiger partial charge in [-0.3, -0.25) is 14.3 Å². The molecule has 1 aromatic carbocycles. The smallest absolute Gasteiger partial charge is 0.248 e. The molecule has 1 fully saturated rings. The molecular weight excluding hydrogens is 410 g/mol. The number of benzene rings is 1. The molecule has 10 nitrogen and oxygen atoms in total. The van der Waals surface area contributed by atoms with Crippen molar-refractivity contribution in [3.63, 3.8) is 0 Å². The Labute approximate surface area is 172 Å². The van der Waals surface area contributed by atoms with Crippen molar-refractivity contribution < 1.29 is 17.7 Å². The lowest BCUT2D eigenvalue weighted by molar-refractivity contribution is -0.133. The molecule has 2 aromatic heterocycles. The summed E-state index contributed by atoms with van der Waals surface area (Å²) < 4.78 is 33.7. The number of rotatable bonds is 4. The Morgan fingerprint density at radius 2 is 1.83 bits per heavy atom. The number of amides is 1. The highest BCUT2D eigenvalue weighted by molar-refractivity contribution is 7.89. The minimum absolute atomic E-state index is 0.0303. The van der Waals surface area contributed by atoms with Crippen LogP contribution in [-0.4, -0.2) is 64.6 Å². The number of carbonyl (C=O) groups is 1. The van der Waals surface area contributed by atoms with E-state index in [0.717, 1.165) is 0 Å². The van der Waals surface area contributed by atoms with Gasteiger partial charge in [0.15, 0.2) is 5.76 Å². The largest absolute Gasteiger partial charge is 0.360 e. The van der Waals surface area contributed by atoms with Crippen LogP contribution in [0.15, 0.2) is 44.7 Å². The van der Waals surface area contributed by atoms with Crippen molar-refractivity contribution in [2.75, 3.05) is 26.2 Å². The van der Waals surface area contributed by atoms with Gasteiger partial charge in [-0.15, -0.1) is 0 Å². The van der Waals surface area contributed by atoms with Crippen molar-refractivity contribution in [1.82, 2.24) is 24.1 Å². The van der Waals surface area contributed by atoms with Crippen molar-refractivity contribution >= 4 is 26.8 Å². The van der Waals surface area contributed by atoms with E-state index < -0.39 is 10.0 Å². The summed E-state index contributed by atoms with van der Waals surface area (Å²) in [5.74, 6) is 0.0628. The third-order valence-electron chi connectivity index (χ3n) is 5.20. The van der Waals surface area contributed by atoms with E-state index in [1.807, 2.05) is 0 Å². The lowest BCUT2D eigenvalue weighted by Crippen LogP contribution is -2.51. The molecule has 158 valence electrons. The number of aryl methyl sites for hydroxylation is 2. The van der Waals surface area contributed by atoms with Crippen LogP contribution in [0.3, 0.4) is 0 Å². The molecule has 4 rings (SSSR count). The van der Waals surface area contributed by atoms with Gasteiger partial charge < -0.3 is 9.42 Å². The van der Waals surface area contributed by atoms with Gasteiger partial charge in [-0.25, -0.2) is 8.42 Å². The second-order valence-electron chi connectivity index (χ2n) is 7.12. The van der Waals surface area contributed by atoms with Gasteiger partial charge in [-0.1, -0.05) is 17.3 Å². The minimum atomic E-state index is -3.73. The summed E-state index contributed by atoms with van der Waals surface area (Å²) >= 11 is 0. The zero-order valence-electron chi connectivity index (χ0n) is 16.6. The van der Waals surface area contributed by atoms with Crippen molar-refractivity contribution in [1.29, 1.82) is 0 Å². The molecule has 30 heavy (non-hydrogen) atoms. The molecular formula is C19H21N5O5S. The van der Waals surface area contributed by atoms with Crippen LogP contribution in [0.25, 0.3) is 10.9 Å².